The van der Waals surface area contributed by atoms with Crippen molar-refractivity contribution in [1.82, 2.24) is 19.7 Å². The van der Waals surface area contributed by atoms with Crippen LogP contribution in [0.25, 0.3) is 5.95 Å². The summed E-state index contributed by atoms with van der Waals surface area (Å²) in [7, 11) is -3.64. The summed E-state index contributed by atoms with van der Waals surface area (Å²) in [6, 6.07) is 6.73. The molecule has 0 aliphatic heterocycles. The first-order valence-corrected chi connectivity index (χ1v) is 9.43. The summed E-state index contributed by atoms with van der Waals surface area (Å²) < 4.78 is 29.2. The van der Waals surface area contributed by atoms with Crippen LogP contribution in [-0.2, 0) is 10.0 Å². The average Bonchev–Trinajstić information content (AvgIpc) is 3.08. The van der Waals surface area contributed by atoms with E-state index in [1.807, 2.05) is 0 Å². The van der Waals surface area contributed by atoms with Crippen LogP contribution in [0, 0.1) is 0 Å². The molecule has 3 heterocycles. The van der Waals surface area contributed by atoms with Crippen molar-refractivity contribution in [2.75, 3.05) is 4.72 Å². The Hall–Kier alpha value is -2.26. The molecule has 0 atom stereocenters. The third kappa shape index (κ3) is 2.84. The van der Waals surface area contributed by atoms with Gasteiger partial charge in [0.15, 0.2) is 0 Å². The average molecular weight is 347 g/mol. The van der Waals surface area contributed by atoms with Crippen molar-refractivity contribution in [1.29, 1.82) is 0 Å². The summed E-state index contributed by atoms with van der Waals surface area (Å²) in [6.07, 6.45) is 5.34. The zero-order valence-corrected chi connectivity index (χ0v) is 13.6. The van der Waals surface area contributed by atoms with Gasteiger partial charge < -0.3 is 0 Å². The standard InChI is InChI=1S/C14H13N5O2S2/c20-23(21,13-3-1-8-22-13)18-12-9-11(10-4-5-10)17-19(12)14-15-6-2-7-16-14/h1-3,6-10,18H,4-5H2. The zero-order chi connectivity index (χ0) is 15.9. The van der Waals surface area contributed by atoms with Crippen molar-refractivity contribution in [2.24, 2.45) is 0 Å². The van der Waals surface area contributed by atoms with Crippen LogP contribution in [-0.4, -0.2) is 28.2 Å². The summed E-state index contributed by atoms with van der Waals surface area (Å²) in [4.78, 5) is 8.31. The van der Waals surface area contributed by atoms with Crippen LogP contribution < -0.4 is 4.72 Å². The molecule has 0 spiro atoms. The highest BCUT2D eigenvalue weighted by molar-refractivity contribution is 7.94. The lowest BCUT2D eigenvalue weighted by atomic mass is 10.3. The van der Waals surface area contributed by atoms with E-state index in [0.29, 0.717) is 17.7 Å². The summed E-state index contributed by atoms with van der Waals surface area (Å²) in [5.41, 5.74) is 0.862. The van der Waals surface area contributed by atoms with Gasteiger partial charge in [0.05, 0.1) is 5.69 Å². The highest BCUT2D eigenvalue weighted by Crippen LogP contribution is 2.40. The second-order valence-corrected chi connectivity index (χ2v) is 8.08. The predicted molar refractivity (Wildman–Crippen MR) is 86.3 cm³/mol. The lowest BCUT2D eigenvalue weighted by molar-refractivity contribution is 0.602. The van der Waals surface area contributed by atoms with Crippen LogP contribution in [0.1, 0.15) is 24.5 Å². The molecule has 4 rings (SSSR count). The maximum Gasteiger partial charge on any atom is 0.272 e. The molecule has 23 heavy (non-hydrogen) atoms. The first-order valence-electron chi connectivity index (χ1n) is 7.07. The molecule has 118 valence electrons. The quantitative estimate of drug-likeness (QED) is 0.765. The van der Waals surface area contributed by atoms with E-state index in [9.17, 15) is 8.42 Å². The van der Waals surface area contributed by atoms with Gasteiger partial charge in [-0.05, 0) is 30.4 Å². The third-order valence-corrected chi connectivity index (χ3v) is 6.22. The molecule has 1 saturated carbocycles. The Kier molecular flexibility index (Phi) is 3.38. The Morgan fingerprint density at radius 3 is 2.65 bits per heavy atom. The van der Waals surface area contributed by atoms with Crippen LogP contribution in [0.4, 0.5) is 5.82 Å². The Morgan fingerprint density at radius 2 is 2.00 bits per heavy atom. The zero-order valence-electron chi connectivity index (χ0n) is 12.0. The van der Waals surface area contributed by atoms with E-state index in [4.69, 9.17) is 0 Å². The van der Waals surface area contributed by atoms with Gasteiger partial charge in [-0.2, -0.15) is 9.78 Å². The van der Waals surface area contributed by atoms with Crippen molar-refractivity contribution in [3.8, 4) is 5.95 Å². The number of rotatable bonds is 5. The van der Waals surface area contributed by atoms with Crippen molar-refractivity contribution in [3.63, 3.8) is 0 Å². The number of nitrogens with one attached hydrogen (secondary N) is 1. The molecule has 3 aromatic heterocycles. The van der Waals surface area contributed by atoms with E-state index in [-0.39, 0.29) is 4.21 Å². The molecule has 1 fully saturated rings. The lowest BCUT2D eigenvalue weighted by Crippen LogP contribution is -2.15. The molecule has 0 saturated heterocycles. The van der Waals surface area contributed by atoms with Crippen LogP contribution in [0.2, 0.25) is 0 Å². The molecule has 9 heteroatoms. The summed E-state index contributed by atoms with van der Waals surface area (Å²) >= 11 is 1.16. The fourth-order valence-corrected chi connectivity index (χ4v) is 4.23. The fourth-order valence-electron chi connectivity index (χ4n) is 2.21. The van der Waals surface area contributed by atoms with E-state index in [1.165, 1.54) is 4.68 Å². The van der Waals surface area contributed by atoms with Crippen LogP contribution >= 0.6 is 11.3 Å². The van der Waals surface area contributed by atoms with Crippen molar-refractivity contribution in [2.45, 2.75) is 23.0 Å². The first kappa shape index (κ1) is 14.3. The summed E-state index contributed by atoms with van der Waals surface area (Å²) in [5.74, 6) is 1.08. The molecule has 0 unspecified atom stereocenters. The minimum absolute atomic E-state index is 0.257. The number of thiophene rings is 1. The number of hydrogen-bond donors (Lipinski definition) is 1. The Labute approximate surface area is 137 Å². The van der Waals surface area contributed by atoms with Gasteiger partial charge in [0.1, 0.15) is 10.0 Å². The van der Waals surface area contributed by atoms with Gasteiger partial charge in [0, 0.05) is 24.4 Å². The number of nitrogens with zero attached hydrogens (tertiary/aromatic N) is 4. The van der Waals surface area contributed by atoms with Gasteiger partial charge in [-0.15, -0.1) is 11.3 Å². The van der Waals surface area contributed by atoms with E-state index in [1.54, 1.807) is 42.0 Å². The second-order valence-electron chi connectivity index (χ2n) is 5.23. The number of anilines is 1. The molecule has 1 aliphatic rings. The van der Waals surface area contributed by atoms with Crippen LogP contribution in [0.15, 0.2) is 46.2 Å². The van der Waals surface area contributed by atoms with Crippen LogP contribution in [0.3, 0.4) is 0 Å². The molecule has 1 N–H and O–H groups in total. The molecule has 3 aromatic rings. The Bertz CT molecular complexity index is 916. The summed E-state index contributed by atoms with van der Waals surface area (Å²) in [6.45, 7) is 0. The molecule has 0 amide bonds. The number of sulfonamides is 1. The second kappa shape index (κ2) is 5.43. The third-order valence-electron chi connectivity index (χ3n) is 3.46. The molecule has 0 radical (unpaired) electrons. The van der Waals surface area contributed by atoms with Gasteiger partial charge in [-0.1, -0.05) is 6.07 Å². The largest absolute Gasteiger partial charge is 0.272 e. The van der Waals surface area contributed by atoms with Gasteiger partial charge in [0.25, 0.3) is 16.0 Å². The fraction of sp³-hybridized carbons (Fsp3) is 0.214. The van der Waals surface area contributed by atoms with E-state index < -0.39 is 10.0 Å². The molecule has 0 bridgehead atoms. The highest BCUT2D eigenvalue weighted by Gasteiger charge is 2.29. The normalized spacial score (nSPS) is 14.8. The predicted octanol–water partition coefficient (Wildman–Crippen LogP) is 2.40. The molecule has 7 nitrogen and oxygen atoms in total. The van der Waals surface area contributed by atoms with E-state index in [0.717, 1.165) is 29.9 Å². The monoisotopic (exact) mass is 347 g/mol. The van der Waals surface area contributed by atoms with Crippen molar-refractivity contribution in [3.05, 3.63) is 47.7 Å². The maximum atomic E-state index is 12.5. The molecule has 1 aliphatic carbocycles. The minimum Gasteiger partial charge on any atom is -0.262 e. The van der Waals surface area contributed by atoms with Crippen LogP contribution in [0.5, 0.6) is 0 Å². The van der Waals surface area contributed by atoms with Gasteiger partial charge in [-0.25, -0.2) is 18.4 Å². The molecular weight excluding hydrogens is 334 g/mol. The Morgan fingerprint density at radius 1 is 1.22 bits per heavy atom. The number of aromatic nitrogens is 4. The smallest absolute Gasteiger partial charge is 0.262 e. The molecule has 0 aromatic carbocycles. The number of hydrogen-bond acceptors (Lipinski definition) is 6. The minimum atomic E-state index is -3.64. The SMILES string of the molecule is O=S(=O)(Nc1cc(C2CC2)nn1-c1ncccn1)c1cccs1. The van der Waals surface area contributed by atoms with Gasteiger partial charge >= 0.3 is 0 Å². The Balaban J connectivity index is 1.75. The van der Waals surface area contributed by atoms with Crippen molar-refractivity contribution < 1.29 is 8.42 Å². The highest BCUT2D eigenvalue weighted by atomic mass is 32.2. The van der Waals surface area contributed by atoms with Gasteiger partial charge in [-0.3, -0.25) is 4.72 Å². The molecular formula is C14H13N5O2S2. The van der Waals surface area contributed by atoms with E-state index in [2.05, 4.69) is 19.8 Å². The summed E-state index contributed by atoms with van der Waals surface area (Å²) in [5, 5.41) is 6.20. The van der Waals surface area contributed by atoms with Crippen molar-refractivity contribution >= 4 is 27.2 Å². The van der Waals surface area contributed by atoms with E-state index >= 15 is 0 Å². The topological polar surface area (TPSA) is 89.8 Å². The maximum absolute atomic E-state index is 12.5. The first-order chi connectivity index (χ1) is 11.1. The lowest BCUT2D eigenvalue weighted by Gasteiger charge is -2.07. The van der Waals surface area contributed by atoms with Gasteiger partial charge in [0.2, 0.25) is 0 Å².